The quantitative estimate of drug-likeness (QED) is 0.464. The van der Waals surface area contributed by atoms with E-state index >= 15 is 0 Å². The Morgan fingerprint density at radius 1 is 1.00 bits per heavy atom. The van der Waals surface area contributed by atoms with E-state index in [0.717, 1.165) is 36.2 Å². The number of allylic oxidation sites excluding steroid dienone is 7. The predicted molar refractivity (Wildman–Crippen MR) is 139 cm³/mol. The van der Waals surface area contributed by atoms with Gasteiger partial charge in [-0.1, -0.05) is 59.3 Å². The average Bonchev–Trinajstić information content (AvgIpc) is 2.80. The van der Waals surface area contributed by atoms with Gasteiger partial charge in [0.25, 0.3) is 0 Å². The lowest BCUT2D eigenvalue weighted by atomic mass is 9.34. The van der Waals surface area contributed by atoms with Crippen molar-refractivity contribution in [1.82, 2.24) is 5.32 Å². The van der Waals surface area contributed by atoms with Crippen LogP contribution in [0.5, 0.6) is 0 Å². The van der Waals surface area contributed by atoms with E-state index < -0.39 is 0 Å². The van der Waals surface area contributed by atoms with E-state index in [1.54, 1.807) is 6.08 Å². The molecule has 0 bridgehead atoms. The highest BCUT2D eigenvalue weighted by atomic mass is 16.3. The smallest absolute Gasteiger partial charge is 0.220 e. The first-order valence-corrected chi connectivity index (χ1v) is 13.6. The van der Waals surface area contributed by atoms with Gasteiger partial charge >= 0.3 is 0 Å². The zero-order valence-electron chi connectivity index (χ0n) is 22.5. The normalized spacial score (nSPS) is 45.9. The number of ketones is 1. The van der Waals surface area contributed by atoms with Crippen molar-refractivity contribution in [3.8, 4) is 0 Å². The molecular formula is C31H45NO2. The van der Waals surface area contributed by atoms with Crippen LogP contribution in [0.25, 0.3) is 0 Å². The molecule has 0 aliphatic heterocycles. The predicted octanol–water partition coefficient (Wildman–Crippen LogP) is 7.22. The molecule has 0 amide bonds. The van der Waals surface area contributed by atoms with Crippen LogP contribution in [-0.4, -0.2) is 24.0 Å². The number of rotatable bonds is 3. The van der Waals surface area contributed by atoms with Crippen molar-refractivity contribution in [3.05, 3.63) is 46.3 Å². The first-order chi connectivity index (χ1) is 15.8. The summed E-state index contributed by atoms with van der Waals surface area (Å²) in [5.74, 6) is 0.394. The van der Waals surface area contributed by atoms with Gasteiger partial charge in [-0.25, -0.2) is 0 Å². The molecule has 186 valence electrons. The van der Waals surface area contributed by atoms with Gasteiger partial charge in [0.15, 0.2) is 5.76 Å². The van der Waals surface area contributed by atoms with Gasteiger partial charge in [0.05, 0.1) is 0 Å². The van der Waals surface area contributed by atoms with Crippen molar-refractivity contribution in [2.24, 2.45) is 33.0 Å². The molecule has 2 N–H and O–H groups in total. The highest BCUT2D eigenvalue weighted by Gasteiger charge is 2.66. The van der Waals surface area contributed by atoms with Gasteiger partial charge < -0.3 is 10.4 Å². The van der Waals surface area contributed by atoms with Gasteiger partial charge in [-0.2, -0.15) is 0 Å². The molecule has 0 spiro atoms. The summed E-state index contributed by atoms with van der Waals surface area (Å²) in [5, 5.41) is 14.0. The highest BCUT2D eigenvalue weighted by molar-refractivity contribution is 6.06. The maximum Gasteiger partial charge on any atom is 0.220 e. The van der Waals surface area contributed by atoms with Crippen LogP contribution in [0.15, 0.2) is 46.3 Å². The average molecular weight is 464 g/mol. The molecule has 6 atom stereocenters. The Bertz CT molecular complexity index is 1060. The number of hydrogen-bond donors (Lipinski definition) is 2. The SMILES string of the molecule is CCNC[C@]1(C)CC[C@]2(C)CC[C@]3(C)C4=CC=C5C(=CC(=O)C(O)=C5C)[C@]4(C)CC[C@@]3(C)[C@@H]2C1. The fourth-order valence-electron chi connectivity index (χ4n) is 9.11. The van der Waals surface area contributed by atoms with E-state index in [1.807, 2.05) is 6.92 Å². The minimum atomic E-state index is -0.228. The molecule has 0 aromatic heterocycles. The minimum Gasteiger partial charge on any atom is -0.504 e. The lowest BCUT2D eigenvalue weighted by Gasteiger charge is -2.70. The number of aliphatic hydroxyl groups is 1. The number of nitrogens with one attached hydrogen (secondary N) is 1. The minimum absolute atomic E-state index is 0.0853. The zero-order valence-corrected chi connectivity index (χ0v) is 22.5. The number of hydrogen-bond acceptors (Lipinski definition) is 3. The van der Waals surface area contributed by atoms with Crippen LogP contribution in [-0.2, 0) is 4.79 Å². The molecule has 3 nitrogen and oxygen atoms in total. The zero-order chi connectivity index (χ0) is 24.7. The molecule has 0 saturated heterocycles. The third-order valence-corrected chi connectivity index (χ3v) is 11.8. The molecule has 0 radical (unpaired) electrons. The summed E-state index contributed by atoms with van der Waals surface area (Å²) >= 11 is 0. The molecule has 5 aliphatic rings. The summed E-state index contributed by atoms with van der Waals surface area (Å²) in [6, 6.07) is 0. The van der Waals surface area contributed by atoms with Crippen LogP contribution in [0.1, 0.15) is 93.4 Å². The van der Waals surface area contributed by atoms with E-state index in [2.05, 4.69) is 59.0 Å². The molecular weight excluding hydrogens is 418 g/mol. The fourth-order valence-corrected chi connectivity index (χ4v) is 9.11. The molecule has 5 rings (SSSR count). The third kappa shape index (κ3) is 3.01. The summed E-state index contributed by atoms with van der Waals surface area (Å²) in [6.07, 6.45) is 15.1. The van der Waals surface area contributed by atoms with Gasteiger partial charge in [0.2, 0.25) is 5.78 Å². The van der Waals surface area contributed by atoms with Crippen LogP contribution in [0.3, 0.4) is 0 Å². The van der Waals surface area contributed by atoms with Crippen molar-refractivity contribution < 1.29 is 9.90 Å². The van der Waals surface area contributed by atoms with E-state index in [1.165, 1.54) is 44.1 Å². The number of carbonyl (C=O) groups is 1. The molecule has 0 aromatic rings. The Hall–Kier alpha value is -1.61. The van der Waals surface area contributed by atoms with E-state index in [0.29, 0.717) is 16.7 Å². The standard InChI is InChI=1S/C31H45NO2/c1-8-32-19-27(3)11-12-28(4)13-15-30(6)24-10-9-21-20(2)26(34)23(33)17-22(21)29(24,5)14-16-31(30,7)25(28)18-27/h9-10,17,25,32,34H,8,11-16,18-19H2,1-7H3/t25-,27-,28-,29+,30-,31+/m1/s1. The van der Waals surface area contributed by atoms with E-state index in [4.69, 9.17) is 0 Å². The lowest BCUT2D eigenvalue weighted by molar-refractivity contribution is -0.160. The Kier molecular flexibility index (Phi) is 5.28. The summed E-state index contributed by atoms with van der Waals surface area (Å²) in [5.41, 5.74) is 5.50. The molecule has 3 saturated carbocycles. The second-order valence-electron chi connectivity index (χ2n) is 13.6. The van der Waals surface area contributed by atoms with Crippen molar-refractivity contribution in [3.63, 3.8) is 0 Å². The topological polar surface area (TPSA) is 49.3 Å². The van der Waals surface area contributed by atoms with Crippen molar-refractivity contribution in [2.45, 2.75) is 93.4 Å². The van der Waals surface area contributed by atoms with Gasteiger partial charge in [0, 0.05) is 17.5 Å². The number of aliphatic hydroxyl groups excluding tert-OH is 1. The molecule has 5 aliphatic carbocycles. The van der Waals surface area contributed by atoms with Crippen molar-refractivity contribution >= 4 is 5.78 Å². The maximum atomic E-state index is 12.7. The second kappa shape index (κ2) is 7.45. The third-order valence-electron chi connectivity index (χ3n) is 11.8. The highest BCUT2D eigenvalue weighted by Crippen LogP contribution is 2.75. The van der Waals surface area contributed by atoms with Crippen molar-refractivity contribution in [1.29, 1.82) is 0 Å². The van der Waals surface area contributed by atoms with Gasteiger partial charge in [-0.3, -0.25) is 4.79 Å². The van der Waals surface area contributed by atoms with Crippen LogP contribution in [0.2, 0.25) is 0 Å². The van der Waals surface area contributed by atoms with Gasteiger partial charge in [-0.15, -0.1) is 0 Å². The Labute approximate surface area is 206 Å². The van der Waals surface area contributed by atoms with Crippen molar-refractivity contribution in [2.75, 3.05) is 13.1 Å². The van der Waals surface area contributed by atoms with Crippen LogP contribution in [0, 0.1) is 33.0 Å². The lowest BCUT2D eigenvalue weighted by Crippen LogP contribution is -2.62. The summed E-state index contributed by atoms with van der Waals surface area (Å²) in [6.45, 7) is 18.9. The monoisotopic (exact) mass is 463 g/mol. The van der Waals surface area contributed by atoms with Gasteiger partial charge in [-0.05, 0) is 103 Å². The summed E-state index contributed by atoms with van der Waals surface area (Å²) in [4.78, 5) is 12.7. The molecule has 0 unspecified atom stereocenters. The molecule has 0 aromatic carbocycles. The summed E-state index contributed by atoms with van der Waals surface area (Å²) < 4.78 is 0. The van der Waals surface area contributed by atoms with Gasteiger partial charge in [0.1, 0.15) is 0 Å². The first-order valence-electron chi connectivity index (χ1n) is 13.6. The molecule has 3 fully saturated rings. The molecule has 3 heteroatoms. The number of fused-ring (bicyclic) bond motifs is 7. The van der Waals surface area contributed by atoms with E-state index in [9.17, 15) is 9.90 Å². The van der Waals surface area contributed by atoms with Crippen LogP contribution in [0.4, 0.5) is 0 Å². The Balaban J connectivity index is 1.59. The van der Waals surface area contributed by atoms with Crippen LogP contribution < -0.4 is 5.32 Å². The molecule has 34 heavy (non-hydrogen) atoms. The Morgan fingerprint density at radius 2 is 1.71 bits per heavy atom. The van der Waals surface area contributed by atoms with Crippen LogP contribution >= 0.6 is 0 Å². The van der Waals surface area contributed by atoms with E-state index in [-0.39, 0.29) is 27.8 Å². The summed E-state index contributed by atoms with van der Waals surface area (Å²) in [7, 11) is 0. The Morgan fingerprint density at radius 3 is 2.41 bits per heavy atom. The molecule has 0 heterocycles. The fraction of sp³-hybridized carbons (Fsp3) is 0.710. The first kappa shape index (κ1) is 24.1. The largest absolute Gasteiger partial charge is 0.504 e. The second-order valence-corrected chi connectivity index (χ2v) is 13.6. The maximum absolute atomic E-state index is 12.7. The number of carbonyl (C=O) groups excluding carboxylic acids is 1.